The molecule has 0 spiro atoms. The third-order valence-corrected chi connectivity index (χ3v) is 6.34. The van der Waals surface area contributed by atoms with Gasteiger partial charge in [0, 0.05) is 18.9 Å². The van der Waals surface area contributed by atoms with E-state index >= 15 is 0 Å². The maximum absolute atomic E-state index is 12.0. The van der Waals surface area contributed by atoms with Gasteiger partial charge in [0.15, 0.2) is 5.65 Å². The highest BCUT2D eigenvalue weighted by Crippen LogP contribution is 2.53. The van der Waals surface area contributed by atoms with Crippen LogP contribution in [0.3, 0.4) is 0 Å². The predicted octanol–water partition coefficient (Wildman–Crippen LogP) is 2.23. The summed E-state index contributed by atoms with van der Waals surface area (Å²) in [5, 5.41) is 7.66. The Morgan fingerprint density at radius 3 is 2.65 bits per heavy atom. The van der Waals surface area contributed by atoms with Gasteiger partial charge in [0.1, 0.15) is 0 Å². The molecular weight excluding hydrogens is 326 g/mol. The van der Waals surface area contributed by atoms with Gasteiger partial charge in [-0.3, -0.25) is 4.79 Å². The Morgan fingerprint density at radius 1 is 1.19 bits per heavy atom. The molecule has 2 aliphatic carbocycles. The summed E-state index contributed by atoms with van der Waals surface area (Å²) in [5.74, 6) is 2.38. The number of imidazole rings is 1. The van der Waals surface area contributed by atoms with Crippen LogP contribution in [0.1, 0.15) is 56.0 Å². The Hall–Kier alpha value is -1.95. The second-order valence-corrected chi connectivity index (χ2v) is 8.41. The van der Waals surface area contributed by atoms with Crippen LogP contribution >= 0.6 is 0 Å². The highest BCUT2D eigenvalue weighted by Gasteiger charge is 2.45. The SMILES string of the molecule is N[C@H](c1cn2nc(C[C@H]3CCCNC3=O)ccc2n1)C(C1CC1)C1CC1. The molecule has 0 radical (unpaired) electrons. The van der Waals surface area contributed by atoms with Gasteiger partial charge in [-0.25, -0.2) is 9.50 Å². The van der Waals surface area contributed by atoms with Crippen LogP contribution in [0, 0.1) is 23.7 Å². The van der Waals surface area contributed by atoms with Crippen LogP contribution in [-0.4, -0.2) is 27.0 Å². The highest BCUT2D eigenvalue weighted by atomic mass is 16.1. The van der Waals surface area contributed by atoms with Gasteiger partial charge >= 0.3 is 0 Å². The number of carbonyl (C=O) groups excluding carboxylic acids is 1. The fourth-order valence-corrected chi connectivity index (χ4v) is 4.62. The summed E-state index contributed by atoms with van der Waals surface area (Å²) in [7, 11) is 0. The summed E-state index contributed by atoms with van der Waals surface area (Å²) in [6.45, 7) is 0.799. The Labute approximate surface area is 153 Å². The zero-order chi connectivity index (χ0) is 17.7. The second kappa shape index (κ2) is 6.34. The number of nitrogens with zero attached hydrogens (tertiary/aromatic N) is 3. The van der Waals surface area contributed by atoms with E-state index in [1.807, 2.05) is 22.8 Å². The van der Waals surface area contributed by atoms with E-state index in [9.17, 15) is 4.79 Å². The van der Waals surface area contributed by atoms with Crippen molar-refractivity contribution in [3.8, 4) is 0 Å². The molecule has 1 amide bonds. The lowest BCUT2D eigenvalue weighted by Crippen LogP contribution is -2.37. The fourth-order valence-electron chi connectivity index (χ4n) is 4.62. The highest BCUT2D eigenvalue weighted by molar-refractivity contribution is 5.79. The molecule has 1 saturated heterocycles. The van der Waals surface area contributed by atoms with Crippen molar-refractivity contribution in [2.45, 2.75) is 51.0 Å². The van der Waals surface area contributed by atoms with Gasteiger partial charge < -0.3 is 11.1 Å². The van der Waals surface area contributed by atoms with Gasteiger partial charge in [-0.15, -0.1) is 0 Å². The van der Waals surface area contributed by atoms with Crippen LogP contribution in [0.4, 0.5) is 0 Å². The van der Waals surface area contributed by atoms with Crippen molar-refractivity contribution in [1.29, 1.82) is 0 Å². The number of carbonyl (C=O) groups is 1. The smallest absolute Gasteiger partial charge is 0.223 e. The quantitative estimate of drug-likeness (QED) is 0.834. The summed E-state index contributed by atoms with van der Waals surface area (Å²) >= 11 is 0. The minimum absolute atomic E-state index is 0.0178. The standard InChI is InChI=1S/C20H27N5O/c21-19(18(12-3-4-12)13-5-6-13)16-11-25-17(23-16)8-7-15(24-25)10-14-2-1-9-22-20(14)26/h7-8,11-14,18-19H,1-6,9-10,21H2,(H,22,26)/t14-,19-/m1/s1. The zero-order valence-electron chi connectivity index (χ0n) is 15.1. The number of hydrogen-bond donors (Lipinski definition) is 2. The average molecular weight is 353 g/mol. The molecule has 26 heavy (non-hydrogen) atoms. The molecule has 0 aromatic carbocycles. The van der Waals surface area contributed by atoms with Crippen LogP contribution in [0.2, 0.25) is 0 Å². The van der Waals surface area contributed by atoms with Crippen LogP contribution in [-0.2, 0) is 11.2 Å². The molecule has 0 unspecified atom stereocenters. The molecule has 2 atom stereocenters. The molecule has 2 aromatic heterocycles. The minimum Gasteiger partial charge on any atom is -0.356 e. The zero-order valence-corrected chi connectivity index (χ0v) is 15.1. The van der Waals surface area contributed by atoms with Gasteiger partial charge in [0.25, 0.3) is 0 Å². The first-order chi connectivity index (χ1) is 12.7. The van der Waals surface area contributed by atoms with Crippen molar-refractivity contribution in [1.82, 2.24) is 19.9 Å². The Kier molecular flexibility index (Phi) is 3.96. The predicted molar refractivity (Wildman–Crippen MR) is 98.3 cm³/mol. The molecule has 0 bridgehead atoms. The van der Waals surface area contributed by atoms with Crippen molar-refractivity contribution in [2.24, 2.45) is 29.4 Å². The van der Waals surface area contributed by atoms with Gasteiger partial charge in [0.05, 0.1) is 23.6 Å². The molecule has 138 valence electrons. The van der Waals surface area contributed by atoms with Gasteiger partial charge in [0.2, 0.25) is 5.91 Å². The lowest BCUT2D eigenvalue weighted by molar-refractivity contribution is -0.126. The number of hydrogen-bond acceptors (Lipinski definition) is 4. The summed E-state index contributed by atoms with van der Waals surface area (Å²) in [6, 6.07) is 4.02. The molecule has 2 aromatic rings. The number of amides is 1. The number of rotatable bonds is 6. The Bertz CT molecular complexity index is 811. The van der Waals surface area contributed by atoms with Gasteiger partial charge in [-0.05, 0) is 68.4 Å². The Morgan fingerprint density at radius 2 is 1.96 bits per heavy atom. The average Bonchev–Trinajstić information content (AvgIpc) is 3.57. The first-order valence-corrected chi connectivity index (χ1v) is 10.1. The van der Waals surface area contributed by atoms with E-state index in [0.717, 1.165) is 48.3 Å². The van der Waals surface area contributed by atoms with Crippen LogP contribution in [0.25, 0.3) is 5.65 Å². The van der Waals surface area contributed by atoms with Crippen molar-refractivity contribution >= 4 is 11.6 Å². The maximum Gasteiger partial charge on any atom is 0.223 e. The normalized spacial score (nSPS) is 24.8. The molecule has 6 nitrogen and oxygen atoms in total. The van der Waals surface area contributed by atoms with E-state index in [1.165, 1.54) is 25.7 Å². The van der Waals surface area contributed by atoms with E-state index in [0.29, 0.717) is 12.3 Å². The first-order valence-electron chi connectivity index (χ1n) is 10.1. The number of fused-ring (bicyclic) bond motifs is 1. The topological polar surface area (TPSA) is 85.3 Å². The van der Waals surface area contributed by atoms with E-state index < -0.39 is 0 Å². The van der Waals surface area contributed by atoms with Crippen molar-refractivity contribution in [3.05, 3.63) is 29.7 Å². The molecule has 1 aliphatic heterocycles. The molecule has 3 heterocycles. The van der Waals surface area contributed by atoms with Crippen LogP contribution in [0.15, 0.2) is 18.3 Å². The van der Waals surface area contributed by atoms with Crippen LogP contribution < -0.4 is 11.1 Å². The van der Waals surface area contributed by atoms with E-state index in [-0.39, 0.29) is 17.9 Å². The second-order valence-electron chi connectivity index (χ2n) is 8.41. The van der Waals surface area contributed by atoms with Crippen molar-refractivity contribution in [3.63, 3.8) is 0 Å². The van der Waals surface area contributed by atoms with Crippen molar-refractivity contribution in [2.75, 3.05) is 6.54 Å². The summed E-state index contributed by atoms with van der Waals surface area (Å²) < 4.78 is 1.85. The summed E-state index contributed by atoms with van der Waals surface area (Å²) in [4.78, 5) is 16.7. The van der Waals surface area contributed by atoms with E-state index in [2.05, 4.69) is 5.32 Å². The number of piperidine rings is 1. The van der Waals surface area contributed by atoms with Gasteiger partial charge in [-0.1, -0.05) is 0 Å². The number of nitrogens with two attached hydrogens (primary N) is 1. The number of aromatic nitrogens is 3. The number of nitrogens with one attached hydrogen (secondary N) is 1. The third-order valence-electron chi connectivity index (χ3n) is 6.34. The van der Waals surface area contributed by atoms with Gasteiger partial charge in [-0.2, -0.15) is 5.10 Å². The summed E-state index contributed by atoms with van der Waals surface area (Å²) in [6.07, 6.45) is 9.99. The van der Waals surface area contributed by atoms with Crippen LogP contribution in [0.5, 0.6) is 0 Å². The molecule has 3 aliphatic rings. The maximum atomic E-state index is 12.0. The van der Waals surface area contributed by atoms with E-state index in [4.69, 9.17) is 15.8 Å². The molecule has 6 heteroatoms. The largest absolute Gasteiger partial charge is 0.356 e. The third kappa shape index (κ3) is 3.11. The molecular formula is C20H27N5O. The minimum atomic E-state index is 0.0178. The molecule has 2 saturated carbocycles. The Balaban J connectivity index is 1.36. The first kappa shape index (κ1) is 16.2. The molecule has 3 N–H and O–H groups in total. The molecule has 5 rings (SSSR count). The van der Waals surface area contributed by atoms with E-state index in [1.54, 1.807) is 0 Å². The lowest BCUT2D eigenvalue weighted by Gasteiger charge is -2.21. The summed E-state index contributed by atoms with van der Waals surface area (Å²) in [5.41, 5.74) is 9.39. The fraction of sp³-hybridized carbons (Fsp3) is 0.650. The monoisotopic (exact) mass is 353 g/mol. The molecule has 3 fully saturated rings. The van der Waals surface area contributed by atoms with Crippen molar-refractivity contribution < 1.29 is 4.79 Å². The lowest BCUT2D eigenvalue weighted by atomic mass is 9.88.